The topological polar surface area (TPSA) is 77.0 Å². The van der Waals surface area contributed by atoms with Crippen molar-refractivity contribution in [3.63, 3.8) is 0 Å². The number of aliphatic imine (C=N–C) groups is 1. The van der Waals surface area contributed by atoms with Crippen LogP contribution >= 0.6 is 23.4 Å². The number of ether oxygens (including phenoxy) is 2. The Bertz CT molecular complexity index is 1560. The summed E-state index contributed by atoms with van der Waals surface area (Å²) >= 11 is 7.16. The molecule has 0 atom stereocenters. The van der Waals surface area contributed by atoms with Crippen LogP contribution in [-0.2, 0) is 4.79 Å². The Kier molecular flexibility index (Phi) is 7.25. The van der Waals surface area contributed by atoms with Gasteiger partial charge in [0.05, 0.1) is 22.8 Å². The molecule has 1 saturated heterocycles. The zero-order chi connectivity index (χ0) is 25.8. The second-order valence-electron chi connectivity index (χ2n) is 8.01. The molecule has 0 radical (unpaired) electrons. The lowest BCUT2D eigenvalue weighted by molar-refractivity contribution is -0.115. The monoisotopic (exact) mass is 528 g/mol. The summed E-state index contributed by atoms with van der Waals surface area (Å²) in [6.07, 6.45) is 1.74. The van der Waals surface area contributed by atoms with Crippen molar-refractivity contribution in [2.24, 2.45) is 4.99 Å². The molecule has 1 amide bonds. The Hall–Kier alpha value is -4.07. The highest BCUT2D eigenvalue weighted by Crippen LogP contribution is 2.33. The highest BCUT2D eigenvalue weighted by Gasteiger charge is 2.24. The van der Waals surface area contributed by atoms with E-state index in [-0.39, 0.29) is 5.91 Å². The summed E-state index contributed by atoms with van der Waals surface area (Å²) in [6.45, 7) is 2.23. The molecule has 4 aromatic carbocycles. The third kappa shape index (κ3) is 5.69. The van der Waals surface area contributed by atoms with Crippen LogP contribution in [0.5, 0.6) is 11.5 Å². The van der Waals surface area contributed by atoms with Crippen LogP contribution < -0.4 is 14.8 Å². The first kappa shape index (κ1) is 24.6. The van der Waals surface area contributed by atoms with Gasteiger partial charge in [0.1, 0.15) is 0 Å². The van der Waals surface area contributed by atoms with Crippen LogP contribution in [-0.4, -0.2) is 23.7 Å². The fraction of sp³-hybridized carbons (Fsp3) is 0.0690. The summed E-state index contributed by atoms with van der Waals surface area (Å²) < 4.78 is 11.5. The van der Waals surface area contributed by atoms with Gasteiger partial charge < -0.3 is 14.8 Å². The summed E-state index contributed by atoms with van der Waals surface area (Å²) in [5, 5.41) is 5.63. The number of benzene rings is 4. The highest BCUT2D eigenvalue weighted by atomic mass is 35.5. The molecule has 0 bridgehead atoms. The largest absolute Gasteiger partial charge is 0.490 e. The Labute approximate surface area is 223 Å². The SMILES string of the molecule is CCOc1cc(/C=C2\SC(=Nc3ccc(Cl)cc3)NC2=O)ccc1OC(=O)c1cccc2ccccc12. The average molecular weight is 529 g/mol. The van der Waals surface area contributed by atoms with Crippen LogP contribution in [0.3, 0.4) is 0 Å². The standard InChI is InChI=1S/C29H21ClN2O4S/c1-2-35-25-16-18(17-26-27(33)32-29(37-26)31-21-13-11-20(30)12-14-21)10-15-24(25)36-28(34)23-9-5-7-19-6-3-4-8-22(19)23/h3-17H,2H2,1H3,(H,31,32,33)/b26-17-. The predicted molar refractivity (Wildman–Crippen MR) is 149 cm³/mol. The number of hydrogen-bond donors (Lipinski definition) is 1. The Morgan fingerprint density at radius 2 is 1.78 bits per heavy atom. The number of thioether (sulfide) groups is 1. The number of amides is 1. The van der Waals surface area contributed by atoms with Crippen LogP contribution in [0.15, 0.2) is 94.8 Å². The summed E-state index contributed by atoms with van der Waals surface area (Å²) in [4.78, 5) is 30.5. The third-order valence-electron chi connectivity index (χ3n) is 5.49. The molecule has 4 aromatic rings. The molecule has 1 aliphatic rings. The number of esters is 1. The molecule has 1 aliphatic heterocycles. The number of rotatable bonds is 6. The fourth-order valence-corrected chi connectivity index (χ4v) is 4.76. The summed E-state index contributed by atoms with van der Waals surface area (Å²) in [5.41, 5.74) is 1.88. The van der Waals surface area contributed by atoms with Gasteiger partial charge in [0.2, 0.25) is 0 Å². The van der Waals surface area contributed by atoms with E-state index < -0.39 is 5.97 Å². The maximum Gasteiger partial charge on any atom is 0.344 e. The quantitative estimate of drug-likeness (QED) is 0.165. The molecule has 0 saturated carbocycles. The van der Waals surface area contributed by atoms with E-state index in [1.54, 1.807) is 54.6 Å². The van der Waals surface area contributed by atoms with Crippen LogP contribution in [0.2, 0.25) is 5.02 Å². The van der Waals surface area contributed by atoms with Gasteiger partial charge in [0, 0.05) is 5.02 Å². The number of halogens is 1. The Morgan fingerprint density at radius 3 is 2.59 bits per heavy atom. The van der Waals surface area contributed by atoms with Gasteiger partial charge >= 0.3 is 5.97 Å². The van der Waals surface area contributed by atoms with Crippen molar-refractivity contribution in [2.75, 3.05) is 6.61 Å². The highest BCUT2D eigenvalue weighted by molar-refractivity contribution is 8.18. The van der Waals surface area contributed by atoms with Crippen molar-refractivity contribution in [2.45, 2.75) is 6.92 Å². The first-order valence-electron chi connectivity index (χ1n) is 11.5. The minimum absolute atomic E-state index is 0.248. The zero-order valence-electron chi connectivity index (χ0n) is 19.7. The van der Waals surface area contributed by atoms with E-state index in [4.69, 9.17) is 21.1 Å². The number of hydrogen-bond acceptors (Lipinski definition) is 6. The third-order valence-corrected chi connectivity index (χ3v) is 6.65. The maximum atomic E-state index is 13.0. The molecule has 0 aromatic heterocycles. The molecule has 6 nitrogen and oxygen atoms in total. The predicted octanol–water partition coefficient (Wildman–Crippen LogP) is 7.00. The lowest BCUT2D eigenvalue weighted by Gasteiger charge is -2.12. The first-order chi connectivity index (χ1) is 18.0. The molecule has 1 N–H and O–H groups in total. The number of amidine groups is 1. The Balaban J connectivity index is 1.38. The number of nitrogens with zero attached hydrogens (tertiary/aromatic N) is 1. The Morgan fingerprint density at radius 1 is 1.00 bits per heavy atom. The summed E-state index contributed by atoms with van der Waals surface area (Å²) in [6, 6.07) is 25.4. The first-order valence-corrected chi connectivity index (χ1v) is 12.7. The molecule has 1 heterocycles. The zero-order valence-corrected chi connectivity index (χ0v) is 21.3. The van der Waals surface area contributed by atoms with Gasteiger partial charge in [-0.05, 0) is 83.6 Å². The molecule has 184 valence electrons. The molecule has 0 spiro atoms. The normalized spacial score (nSPS) is 15.2. The number of carbonyl (C=O) groups is 2. The molecule has 37 heavy (non-hydrogen) atoms. The molecule has 0 aliphatic carbocycles. The van der Waals surface area contributed by atoms with Gasteiger partial charge in [0.25, 0.3) is 5.91 Å². The lowest BCUT2D eigenvalue weighted by atomic mass is 10.0. The van der Waals surface area contributed by atoms with Gasteiger partial charge in [-0.15, -0.1) is 0 Å². The second kappa shape index (κ2) is 10.9. The average Bonchev–Trinajstić information content (AvgIpc) is 3.24. The van der Waals surface area contributed by atoms with Crippen molar-refractivity contribution in [1.82, 2.24) is 5.32 Å². The smallest absolute Gasteiger partial charge is 0.344 e. The van der Waals surface area contributed by atoms with E-state index in [0.717, 1.165) is 16.3 Å². The second-order valence-corrected chi connectivity index (χ2v) is 9.48. The minimum atomic E-state index is -0.474. The lowest BCUT2D eigenvalue weighted by Crippen LogP contribution is -2.19. The minimum Gasteiger partial charge on any atom is -0.490 e. The van der Waals surface area contributed by atoms with Gasteiger partial charge in [-0.2, -0.15) is 0 Å². The number of carbonyl (C=O) groups excluding carboxylic acids is 2. The van der Waals surface area contributed by atoms with E-state index >= 15 is 0 Å². The van der Waals surface area contributed by atoms with Gasteiger partial charge in [-0.3, -0.25) is 4.79 Å². The van der Waals surface area contributed by atoms with Crippen LogP contribution in [0.1, 0.15) is 22.8 Å². The number of fused-ring (bicyclic) bond motifs is 1. The van der Waals surface area contributed by atoms with E-state index in [2.05, 4.69) is 10.3 Å². The van der Waals surface area contributed by atoms with Crippen LogP contribution in [0, 0.1) is 0 Å². The van der Waals surface area contributed by atoms with Crippen molar-refractivity contribution >= 4 is 62.9 Å². The number of nitrogens with one attached hydrogen (secondary N) is 1. The summed E-state index contributed by atoms with van der Waals surface area (Å²) in [7, 11) is 0. The van der Waals surface area contributed by atoms with Crippen LogP contribution in [0.4, 0.5) is 5.69 Å². The van der Waals surface area contributed by atoms with E-state index in [1.165, 1.54) is 11.8 Å². The van der Waals surface area contributed by atoms with Crippen molar-refractivity contribution in [1.29, 1.82) is 0 Å². The van der Waals surface area contributed by atoms with Crippen LogP contribution in [0.25, 0.3) is 16.8 Å². The van der Waals surface area contributed by atoms with E-state index in [0.29, 0.717) is 44.5 Å². The molecule has 5 rings (SSSR count). The molecular formula is C29H21ClN2O4S. The maximum absolute atomic E-state index is 13.0. The van der Waals surface area contributed by atoms with Gasteiger partial charge in [-0.1, -0.05) is 54.1 Å². The van der Waals surface area contributed by atoms with E-state index in [9.17, 15) is 9.59 Å². The van der Waals surface area contributed by atoms with E-state index in [1.807, 2.05) is 43.3 Å². The van der Waals surface area contributed by atoms with Crippen molar-refractivity contribution in [3.05, 3.63) is 106 Å². The fourth-order valence-electron chi connectivity index (χ4n) is 3.79. The van der Waals surface area contributed by atoms with Gasteiger partial charge in [-0.25, -0.2) is 9.79 Å². The molecule has 1 fully saturated rings. The summed E-state index contributed by atoms with van der Waals surface area (Å²) in [5.74, 6) is -0.0147. The van der Waals surface area contributed by atoms with Crippen molar-refractivity contribution in [3.8, 4) is 11.5 Å². The van der Waals surface area contributed by atoms with Crippen molar-refractivity contribution < 1.29 is 19.1 Å². The molecular weight excluding hydrogens is 508 g/mol. The molecule has 0 unspecified atom stereocenters. The molecule has 8 heteroatoms. The van der Waals surface area contributed by atoms with Gasteiger partial charge in [0.15, 0.2) is 16.7 Å².